The zero-order valence-corrected chi connectivity index (χ0v) is 15.3. The van der Waals surface area contributed by atoms with Gasteiger partial charge >= 0.3 is 8.80 Å². The Kier molecular flexibility index (Phi) is 9.90. The first-order valence-corrected chi connectivity index (χ1v) is 10.2. The van der Waals surface area contributed by atoms with Crippen LogP contribution in [0.2, 0.25) is 6.04 Å². The molecule has 0 unspecified atom stereocenters. The van der Waals surface area contributed by atoms with Gasteiger partial charge in [0.2, 0.25) is 5.91 Å². The number of hydrogen-bond donors (Lipinski definition) is 2. The van der Waals surface area contributed by atoms with Gasteiger partial charge < -0.3 is 23.9 Å². The highest BCUT2D eigenvalue weighted by molar-refractivity contribution is 6.60. The number of amides is 1. The molecule has 1 rings (SSSR count). The normalized spacial score (nSPS) is 16.7. The molecule has 1 amide bonds. The molecule has 0 atom stereocenters. The molecule has 1 fully saturated rings. The van der Waals surface area contributed by atoms with Crippen LogP contribution < -0.4 is 10.6 Å². The molecule has 0 saturated heterocycles. The Balaban J connectivity index is 2.03. The maximum Gasteiger partial charge on any atom is 0.500 e. The van der Waals surface area contributed by atoms with E-state index in [1.165, 1.54) is 19.3 Å². The van der Waals surface area contributed by atoms with E-state index in [4.69, 9.17) is 13.3 Å². The van der Waals surface area contributed by atoms with E-state index in [0.29, 0.717) is 19.0 Å². The molecular formula is C15H32N2O4Si. The lowest BCUT2D eigenvalue weighted by Gasteiger charge is -2.24. The van der Waals surface area contributed by atoms with Gasteiger partial charge in [0.25, 0.3) is 0 Å². The smallest absolute Gasteiger partial charge is 0.377 e. The summed E-state index contributed by atoms with van der Waals surface area (Å²) in [6, 6.07) is 1.18. The van der Waals surface area contributed by atoms with E-state index in [9.17, 15) is 4.79 Å². The Hall–Kier alpha value is -0.473. The Bertz CT molecular complexity index is 300. The lowest BCUT2D eigenvalue weighted by Crippen LogP contribution is -2.43. The summed E-state index contributed by atoms with van der Waals surface area (Å²) in [7, 11) is 2.43. The van der Waals surface area contributed by atoms with Crippen LogP contribution >= 0.6 is 0 Å². The van der Waals surface area contributed by atoms with Crippen LogP contribution in [0.15, 0.2) is 0 Å². The van der Waals surface area contributed by atoms with E-state index in [1.807, 2.05) is 0 Å². The summed E-state index contributed by atoms with van der Waals surface area (Å²) in [4.78, 5) is 11.8. The quantitative estimate of drug-likeness (QED) is 0.445. The third-order valence-corrected chi connectivity index (χ3v) is 7.10. The van der Waals surface area contributed by atoms with Crippen molar-refractivity contribution in [3.8, 4) is 0 Å². The molecule has 1 aliphatic rings. The minimum Gasteiger partial charge on any atom is -0.377 e. The third-order valence-electron chi connectivity index (χ3n) is 4.27. The number of rotatable bonds is 11. The van der Waals surface area contributed by atoms with Gasteiger partial charge in [-0.05, 0) is 25.8 Å². The summed E-state index contributed by atoms with van der Waals surface area (Å²) in [5.41, 5.74) is 0. The van der Waals surface area contributed by atoms with Crippen LogP contribution in [0, 0.1) is 0 Å². The Morgan fingerprint density at radius 1 is 1.05 bits per heavy atom. The highest BCUT2D eigenvalue weighted by Gasteiger charge is 2.36. The van der Waals surface area contributed by atoms with Crippen molar-refractivity contribution in [1.82, 2.24) is 10.6 Å². The standard InChI is InChI=1S/C15H32N2O4Si/c1-19-22(20-2,21-3)13-7-11-16-12-10-15(18)17-14-8-5-4-6-9-14/h14,16H,4-13H2,1-3H3,(H,17,18). The molecule has 0 aromatic carbocycles. The lowest BCUT2D eigenvalue weighted by molar-refractivity contribution is -0.121. The fourth-order valence-electron chi connectivity index (χ4n) is 2.86. The van der Waals surface area contributed by atoms with Gasteiger partial charge in [-0.3, -0.25) is 4.79 Å². The Labute approximate surface area is 135 Å². The molecule has 0 aromatic rings. The van der Waals surface area contributed by atoms with Crippen molar-refractivity contribution < 1.29 is 18.1 Å². The van der Waals surface area contributed by atoms with Crippen molar-refractivity contribution in [2.45, 2.75) is 57.0 Å². The van der Waals surface area contributed by atoms with Crippen LogP contribution in [0.25, 0.3) is 0 Å². The second-order valence-corrected chi connectivity index (χ2v) is 8.89. The molecule has 0 bridgehead atoms. The molecule has 1 aliphatic carbocycles. The summed E-state index contributed by atoms with van der Waals surface area (Å²) in [6.07, 6.45) is 7.52. The molecular weight excluding hydrogens is 300 g/mol. The van der Waals surface area contributed by atoms with Crippen molar-refractivity contribution in [3.05, 3.63) is 0 Å². The minimum absolute atomic E-state index is 0.161. The van der Waals surface area contributed by atoms with E-state index >= 15 is 0 Å². The molecule has 0 heterocycles. The molecule has 0 spiro atoms. The number of carbonyl (C=O) groups excluding carboxylic acids is 1. The van der Waals surface area contributed by atoms with Crippen LogP contribution in [0.5, 0.6) is 0 Å². The van der Waals surface area contributed by atoms with Crippen molar-refractivity contribution in [2.75, 3.05) is 34.4 Å². The fraction of sp³-hybridized carbons (Fsp3) is 0.933. The van der Waals surface area contributed by atoms with Gasteiger partial charge in [-0.1, -0.05) is 19.3 Å². The molecule has 6 nitrogen and oxygen atoms in total. The summed E-state index contributed by atoms with van der Waals surface area (Å²) in [5.74, 6) is 0.161. The van der Waals surface area contributed by atoms with Crippen molar-refractivity contribution in [1.29, 1.82) is 0 Å². The summed E-state index contributed by atoms with van der Waals surface area (Å²) < 4.78 is 16.1. The van der Waals surface area contributed by atoms with E-state index in [0.717, 1.165) is 31.9 Å². The first kappa shape index (κ1) is 19.6. The number of hydrogen-bond acceptors (Lipinski definition) is 5. The third kappa shape index (κ3) is 7.19. The van der Waals surface area contributed by atoms with Gasteiger partial charge in [-0.25, -0.2) is 0 Å². The van der Waals surface area contributed by atoms with Crippen LogP contribution in [0.3, 0.4) is 0 Å². The summed E-state index contributed by atoms with van der Waals surface area (Å²) in [5, 5.41) is 6.42. The first-order valence-electron chi connectivity index (χ1n) is 8.31. The SMILES string of the molecule is CO[Si](CCCNCCC(=O)NC1CCCCC1)(OC)OC. The van der Waals surface area contributed by atoms with Crippen molar-refractivity contribution in [3.63, 3.8) is 0 Å². The first-order chi connectivity index (χ1) is 10.7. The molecule has 0 aromatic heterocycles. The molecule has 7 heteroatoms. The molecule has 0 aliphatic heterocycles. The summed E-state index contributed by atoms with van der Waals surface area (Å²) in [6.45, 7) is 1.54. The molecule has 1 saturated carbocycles. The highest BCUT2D eigenvalue weighted by Crippen LogP contribution is 2.17. The van der Waals surface area contributed by atoms with Crippen molar-refractivity contribution >= 4 is 14.7 Å². The van der Waals surface area contributed by atoms with Crippen LogP contribution in [0.4, 0.5) is 0 Å². The van der Waals surface area contributed by atoms with Gasteiger partial charge in [0, 0.05) is 46.4 Å². The van der Waals surface area contributed by atoms with Gasteiger partial charge in [0.05, 0.1) is 0 Å². The number of carbonyl (C=O) groups is 1. The van der Waals surface area contributed by atoms with Gasteiger partial charge in [-0.15, -0.1) is 0 Å². The lowest BCUT2D eigenvalue weighted by atomic mass is 9.95. The van der Waals surface area contributed by atoms with Gasteiger partial charge in [-0.2, -0.15) is 0 Å². The fourth-order valence-corrected chi connectivity index (χ4v) is 4.58. The van der Waals surface area contributed by atoms with Crippen LogP contribution in [-0.4, -0.2) is 55.2 Å². The maximum atomic E-state index is 11.8. The predicted octanol–water partition coefficient (Wildman–Crippen LogP) is 1.68. The second-order valence-electron chi connectivity index (χ2n) is 5.80. The van der Waals surface area contributed by atoms with Crippen molar-refractivity contribution in [2.24, 2.45) is 0 Å². The van der Waals surface area contributed by atoms with Crippen LogP contribution in [0.1, 0.15) is 44.9 Å². The molecule has 2 N–H and O–H groups in total. The Morgan fingerprint density at radius 2 is 1.68 bits per heavy atom. The largest absolute Gasteiger partial charge is 0.500 e. The summed E-state index contributed by atoms with van der Waals surface area (Å²) >= 11 is 0. The zero-order chi connectivity index (χ0) is 16.3. The van der Waals surface area contributed by atoms with Gasteiger partial charge in [0.1, 0.15) is 0 Å². The number of nitrogens with one attached hydrogen (secondary N) is 2. The van der Waals surface area contributed by atoms with Crippen LogP contribution in [-0.2, 0) is 18.1 Å². The second kappa shape index (κ2) is 11.1. The average molecular weight is 333 g/mol. The molecule has 130 valence electrons. The van der Waals surface area contributed by atoms with E-state index in [2.05, 4.69) is 10.6 Å². The van der Waals surface area contributed by atoms with Gasteiger partial charge in [0.15, 0.2) is 0 Å². The monoisotopic (exact) mass is 332 g/mol. The average Bonchev–Trinajstić information content (AvgIpc) is 2.56. The minimum atomic E-state index is -2.45. The highest BCUT2D eigenvalue weighted by atomic mass is 28.4. The predicted molar refractivity (Wildman–Crippen MR) is 88.7 cm³/mol. The topological polar surface area (TPSA) is 68.8 Å². The molecule has 22 heavy (non-hydrogen) atoms. The Morgan fingerprint density at radius 3 is 2.27 bits per heavy atom. The molecule has 0 radical (unpaired) electrons. The maximum absolute atomic E-state index is 11.8. The van der Waals surface area contributed by atoms with E-state index < -0.39 is 8.80 Å². The van der Waals surface area contributed by atoms with E-state index in [1.54, 1.807) is 21.3 Å². The zero-order valence-electron chi connectivity index (χ0n) is 14.3. The van der Waals surface area contributed by atoms with E-state index in [-0.39, 0.29) is 5.91 Å².